The minimum absolute atomic E-state index is 0.0735. The van der Waals surface area contributed by atoms with E-state index >= 15 is 0 Å². The molecular weight excluding hydrogens is 268 g/mol. The van der Waals surface area contributed by atoms with Gasteiger partial charge in [-0.2, -0.15) is 0 Å². The number of fused-ring (bicyclic) bond motifs is 1. The lowest BCUT2D eigenvalue weighted by Gasteiger charge is -2.10. The van der Waals surface area contributed by atoms with E-state index in [-0.39, 0.29) is 11.3 Å². The minimum atomic E-state index is -0.0910. The molecule has 1 aliphatic rings. The molecule has 1 unspecified atom stereocenters. The quantitative estimate of drug-likeness (QED) is 0.751. The number of thiazole rings is 1. The van der Waals surface area contributed by atoms with Gasteiger partial charge >= 0.3 is 0 Å². The molecule has 0 bridgehead atoms. The summed E-state index contributed by atoms with van der Waals surface area (Å²) in [5.74, 6) is 0.0735. The van der Waals surface area contributed by atoms with Gasteiger partial charge in [-0.1, -0.05) is 23.5 Å². The van der Waals surface area contributed by atoms with Crippen LogP contribution >= 0.6 is 22.9 Å². The van der Waals surface area contributed by atoms with Crippen molar-refractivity contribution in [1.82, 2.24) is 4.98 Å². The number of aryl methyl sites for hydroxylation is 2. The van der Waals surface area contributed by atoms with Gasteiger partial charge in [-0.3, -0.25) is 9.69 Å². The molecule has 18 heavy (non-hydrogen) atoms. The second kappa shape index (κ2) is 4.21. The number of alkyl halides is 1. The van der Waals surface area contributed by atoms with E-state index in [2.05, 4.69) is 24.0 Å². The third-order valence-corrected chi connectivity index (χ3v) is 4.75. The molecule has 1 amide bonds. The second-order valence-electron chi connectivity index (χ2n) is 4.68. The maximum Gasteiger partial charge on any atom is 0.230 e. The average Bonchev–Trinajstić information content (AvgIpc) is 2.88. The van der Waals surface area contributed by atoms with Gasteiger partial charge in [-0.25, -0.2) is 4.98 Å². The monoisotopic (exact) mass is 280 g/mol. The van der Waals surface area contributed by atoms with Gasteiger partial charge in [0.15, 0.2) is 5.13 Å². The molecule has 1 atom stereocenters. The molecular formula is C13H13ClN2OS. The van der Waals surface area contributed by atoms with Crippen LogP contribution in [0.25, 0.3) is 10.2 Å². The van der Waals surface area contributed by atoms with E-state index in [9.17, 15) is 4.79 Å². The SMILES string of the molecule is Cc1ccc(C)c2sc(N3CC(Cl)CC3=O)nc12. The Morgan fingerprint density at radius 1 is 1.39 bits per heavy atom. The number of hydrogen-bond donors (Lipinski definition) is 0. The van der Waals surface area contributed by atoms with Crippen LogP contribution in [0, 0.1) is 13.8 Å². The van der Waals surface area contributed by atoms with Gasteiger partial charge in [0.25, 0.3) is 0 Å². The Morgan fingerprint density at radius 2 is 2.11 bits per heavy atom. The zero-order valence-corrected chi connectivity index (χ0v) is 11.8. The first-order valence-corrected chi connectivity index (χ1v) is 7.12. The second-order valence-corrected chi connectivity index (χ2v) is 6.27. The molecule has 0 saturated carbocycles. The lowest BCUT2D eigenvalue weighted by atomic mass is 10.1. The van der Waals surface area contributed by atoms with Crippen molar-refractivity contribution in [1.29, 1.82) is 0 Å². The zero-order valence-electron chi connectivity index (χ0n) is 10.2. The third-order valence-electron chi connectivity index (χ3n) is 3.24. The Balaban J connectivity index is 2.12. The molecule has 1 aromatic carbocycles. The fourth-order valence-electron chi connectivity index (χ4n) is 2.21. The molecule has 0 radical (unpaired) electrons. The summed E-state index contributed by atoms with van der Waals surface area (Å²) in [5.41, 5.74) is 3.35. The van der Waals surface area contributed by atoms with E-state index < -0.39 is 0 Å². The van der Waals surface area contributed by atoms with E-state index in [1.165, 1.54) is 5.56 Å². The van der Waals surface area contributed by atoms with Crippen LogP contribution in [0.5, 0.6) is 0 Å². The predicted octanol–water partition coefficient (Wildman–Crippen LogP) is 3.26. The molecule has 0 aliphatic carbocycles. The first-order chi connectivity index (χ1) is 8.56. The van der Waals surface area contributed by atoms with E-state index in [0.717, 1.165) is 20.9 Å². The van der Waals surface area contributed by atoms with Gasteiger partial charge in [-0.05, 0) is 25.0 Å². The smallest absolute Gasteiger partial charge is 0.230 e. The summed E-state index contributed by atoms with van der Waals surface area (Å²) in [6.45, 7) is 4.68. The van der Waals surface area contributed by atoms with Crippen molar-refractivity contribution in [2.75, 3.05) is 11.4 Å². The number of anilines is 1. The van der Waals surface area contributed by atoms with E-state index in [1.54, 1.807) is 16.2 Å². The van der Waals surface area contributed by atoms with Crippen LogP contribution in [0.15, 0.2) is 12.1 Å². The molecule has 94 valence electrons. The van der Waals surface area contributed by atoms with Crippen molar-refractivity contribution in [3.05, 3.63) is 23.3 Å². The van der Waals surface area contributed by atoms with Crippen molar-refractivity contribution in [3.63, 3.8) is 0 Å². The van der Waals surface area contributed by atoms with Crippen LogP contribution in [0.2, 0.25) is 0 Å². The summed E-state index contributed by atoms with van der Waals surface area (Å²) in [6.07, 6.45) is 0.412. The van der Waals surface area contributed by atoms with Crippen molar-refractivity contribution < 1.29 is 4.79 Å². The Labute approximate surface area is 114 Å². The number of carbonyl (C=O) groups is 1. The highest BCUT2D eigenvalue weighted by Gasteiger charge is 2.31. The van der Waals surface area contributed by atoms with Crippen LogP contribution in [0.3, 0.4) is 0 Å². The van der Waals surface area contributed by atoms with Gasteiger partial charge in [0.05, 0.1) is 15.6 Å². The van der Waals surface area contributed by atoms with Crippen LogP contribution in [0.4, 0.5) is 5.13 Å². The summed E-state index contributed by atoms with van der Waals surface area (Å²) in [5, 5.41) is 0.683. The number of hydrogen-bond acceptors (Lipinski definition) is 3. The van der Waals surface area contributed by atoms with Crippen LogP contribution in [0.1, 0.15) is 17.5 Å². The largest absolute Gasteiger partial charge is 0.287 e. The molecule has 2 aromatic rings. The Kier molecular flexibility index (Phi) is 2.79. The highest BCUT2D eigenvalue weighted by Crippen LogP contribution is 2.35. The average molecular weight is 281 g/mol. The highest BCUT2D eigenvalue weighted by atomic mass is 35.5. The number of amides is 1. The number of rotatable bonds is 1. The molecule has 3 nitrogen and oxygen atoms in total. The molecule has 1 saturated heterocycles. The van der Waals surface area contributed by atoms with Crippen molar-refractivity contribution in [3.8, 4) is 0 Å². The summed E-state index contributed by atoms with van der Waals surface area (Å²) in [4.78, 5) is 18.2. The minimum Gasteiger partial charge on any atom is -0.287 e. The number of nitrogens with zero attached hydrogens (tertiary/aromatic N) is 2. The van der Waals surface area contributed by atoms with Gasteiger partial charge in [0.1, 0.15) is 0 Å². The van der Waals surface area contributed by atoms with E-state index in [0.29, 0.717) is 13.0 Å². The number of carbonyl (C=O) groups excluding carboxylic acids is 1. The molecule has 2 heterocycles. The summed E-state index contributed by atoms with van der Waals surface area (Å²) >= 11 is 7.60. The fourth-order valence-corrected chi connectivity index (χ4v) is 3.62. The molecule has 1 aliphatic heterocycles. The number of benzene rings is 1. The van der Waals surface area contributed by atoms with Gasteiger partial charge in [-0.15, -0.1) is 11.6 Å². The molecule has 0 spiro atoms. The number of halogens is 1. The lowest BCUT2D eigenvalue weighted by Crippen LogP contribution is -2.24. The van der Waals surface area contributed by atoms with Crippen molar-refractivity contribution in [2.24, 2.45) is 0 Å². The van der Waals surface area contributed by atoms with E-state index in [4.69, 9.17) is 11.6 Å². The predicted molar refractivity (Wildman–Crippen MR) is 75.7 cm³/mol. The summed E-state index contributed by atoms with van der Waals surface area (Å²) in [7, 11) is 0. The number of aromatic nitrogens is 1. The molecule has 0 N–H and O–H groups in total. The molecule has 3 rings (SSSR count). The molecule has 1 fully saturated rings. The Bertz CT molecular complexity index is 598. The Morgan fingerprint density at radius 3 is 2.72 bits per heavy atom. The molecule has 5 heteroatoms. The fraction of sp³-hybridized carbons (Fsp3) is 0.385. The maximum atomic E-state index is 11.8. The standard InChI is InChI=1S/C13H13ClN2OS/c1-7-3-4-8(2)12-11(7)15-13(18-12)16-6-9(14)5-10(16)17/h3-4,9H,5-6H2,1-2H3. The normalized spacial score (nSPS) is 20.1. The molecule has 1 aromatic heterocycles. The van der Waals surface area contributed by atoms with Crippen molar-refractivity contribution >= 4 is 44.2 Å². The van der Waals surface area contributed by atoms with Gasteiger partial charge in [0, 0.05) is 13.0 Å². The third kappa shape index (κ3) is 1.80. The lowest BCUT2D eigenvalue weighted by molar-refractivity contribution is -0.117. The first-order valence-electron chi connectivity index (χ1n) is 5.87. The van der Waals surface area contributed by atoms with Crippen LogP contribution in [-0.4, -0.2) is 22.8 Å². The van der Waals surface area contributed by atoms with Crippen LogP contribution in [-0.2, 0) is 4.79 Å². The Hall–Kier alpha value is -1.13. The highest BCUT2D eigenvalue weighted by molar-refractivity contribution is 7.22. The van der Waals surface area contributed by atoms with Gasteiger partial charge < -0.3 is 0 Å². The first kappa shape index (κ1) is 11.9. The summed E-state index contributed by atoms with van der Waals surface area (Å²) < 4.78 is 1.16. The van der Waals surface area contributed by atoms with Crippen LogP contribution < -0.4 is 4.90 Å². The van der Waals surface area contributed by atoms with E-state index in [1.807, 2.05) is 6.92 Å². The summed E-state index contributed by atoms with van der Waals surface area (Å²) in [6, 6.07) is 4.16. The van der Waals surface area contributed by atoms with Crippen molar-refractivity contribution in [2.45, 2.75) is 25.6 Å². The maximum absolute atomic E-state index is 11.8. The van der Waals surface area contributed by atoms with Gasteiger partial charge in [0.2, 0.25) is 5.91 Å². The topological polar surface area (TPSA) is 33.2 Å². The zero-order chi connectivity index (χ0) is 12.9.